The van der Waals surface area contributed by atoms with E-state index < -0.39 is 4.92 Å². The second kappa shape index (κ2) is 4.77. The normalized spacial score (nSPS) is 29.2. The maximum absolute atomic E-state index is 10.6. The van der Waals surface area contributed by atoms with Crippen LogP contribution in [0.3, 0.4) is 0 Å². The summed E-state index contributed by atoms with van der Waals surface area (Å²) < 4.78 is 0. The van der Waals surface area contributed by atoms with Crippen LogP contribution < -0.4 is 10.2 Å². The number of piperidine rings is 1. The van der Waals surface area contributed by atoms with Gasteiger partial charge in [-0.3, -0.25) is 10.1 Å². The molecule has 3 heterocycles. The second-order valence-corrected chi connectivity index (χ2v) is 5.51. The molecule has 0 amide bonds. The lowest BCUT2D eigenvalue weighted by atomic mass is 9.98. The molecule has 2 bridgehead atoms. The van der Waals surface area contributed by atoms with Crippen LogP contribution >= 0.6 is 0 Å². The average Bonchev–Trinajstić information content (AvgIpc) is 2.76. The van der Waals surface area contributed by atoms with E-state index in [4.69, 9.17) is 0 Å². The molecule has 1 N–H and O–H groups in total. The highest BCUT2D eigenvalue weighted by atomic mass is 16.6. The number of rotatable bonds is 3. The molecule has 0 spiro atoms. The van der Waals surface area contributed by atoms with E-state index in [1.54, 1.807) is 6.07 Å². The minimum absolute atomic E-state index is 0.0440. The van der Waals surface area contributed by atoms with Gasteiger partial charge in [-0.25, -0.2) is 4.98 Å². The van der Waals surface area contributed by atoms with Crippen LogP contribution in [0, 0.1) is 10.1 Å². The molecular weight excluding hydrogens is 244 g/mol. The standard InChI is InChI=1S/C13H18N4O2/c1-16(12-6-9-2-3-10(7-12)15-9)13-5-4-11(8-14-13)17(18)19/h4-5,8-10,12,15H,2-3,6-7H2,1H3. The fourth-order valence-corrected chi connectivity index (χ4v) is 3.23. The topological polar surface area (TPSA) is 71.3 Å². The van der Waals surface area contributed by atoms with E-state index in [9.17, 15) is 10.1 Å². The Hall–Kier alpha value is -1.69. The molecule has 102 valence electrons. The molecule has 1 aromatic rings. The van der Waals surface area contributed by atoms with Crippen molar-refractivity contribution in [3.63, 3.8) is 0 Å². The highest BCUT2D eigenvalue weighted by Crippen LogP contribution is 2.31. The zero-order valence-electron chi connectivity index (χ0n) is 11.0. The molecule has 0 aliphatic carbocycles. The smallest absolute Gasteiger partial charge is 0.287 e. The van der Waals surface area contributed by atoms with Crippen LogP contribution in [-0.2, 0) is 0 Å². The van der Waals surface area contributed by atoms with Gasteiger partial charge in [0.1, 0.15) is 12.0 Å². The lowest BCUT2D eigenvalue weighted by molar-refractivity contribution is -0.385. The van der Waals surface area contributed by atoms with E-state index in [2.05, 4.69) is 15.2 Å². The Morgan fingerprint density at radius 1 is 1.37 bits per heavy atom. The summed E-state index contributed by atoms with van der Waals surface area (Å²) in [5, 5.41) is 14.2. The van der Waals surface area contributed by atoms with Crippen molar-refractivity contribution in [2.24, 2.45) is 0 Å². The van der Waals surface area contributed by atoms with Crippen LogP contribution in [0.1, 0.15) is 25.7 Å². The van der Waals surface area contributed by atoms with E-state index in [1.165, 1.54) is 25.1 Å². The third-order valence-electron chi connectivity index (χ3n) is 4.30. The van der Waals surface area contributed by atoms with Crippen molar-refractivity contribution in [2.45, 2.75) is 43.8 Å². The summed E-state index contributed by atoms with van der Waals surface area (Å²) in [4.78, 5) is 16.6. The maximum atomic E-state index is 10.6. The molecule has 2 fully saturated rings. The molecule has 0 saturated carbocycles. The number of fused-ring (bicyclic) bond motifs is 2. The minimum atomic E-state index is -0.415. The Balaban J connectivity index is 1.72. The SMILES string of the molecule is CN(c1ccc([N+](=O)[O-])cn1)C1CC2CCC(C1)N2. The first-order valence-electron chi connectivity index (χ1n) is 6.73. The highest BCUT2D eigenvalue weighted by Gasteiger charge is 2.35. The number of nitrogens with zero attached hydrogens (tertiary/aromatic N) is 3. The molecule has 3 rings (SSSR count). The maximum Gasteiger partial charge on any atom is 0.287 e. The van der Waals surface area contributed by atoms with Crippen LogP contribution in [0.25, 0.3) is 0 Å². The highest BCUT2D eigenvalue weighted by molar-refractivity contribution is 5.43. The van der Waals surface area contributed by atoms with Crippen LogP contribution in [0.5, 0.6) is 0 Å². The van der Waals surface area contributed by atoms with Gasteiger partial charge in [0.15, 0.2) is 0 Å². The van der Waals surface area contributed by atoms with Crippen LogP contribution in [0.4, 0.5) is 11.5 Å². The summed E-state index contributed by atoms with van der Waals surface area (Å²) in [6, 6.07) is 5.00. The minimum Gasteiger partial charge on any atom is -0.357 e. The van der Waals surface area contributed by atoms with E-state index in [0.717, 1.165) is 18.7 Å². The Kier molecular flexibility index (Phi) is 3.10. The lowest BCUT2D eigenvalue weighted by Crippen LogP contribution is -2.47. The van der Waals surface area contributed by atoms with Gasteiger partial charge in [0.2, 0.25) is 0 Å². The van der Waals surface area contributed by atoms with Crippen molar-refractivity contribution in [1.29, 1.82) is 0 Å². The summed E-state index contributed by atoms with van der Waals surface area (Å²) in [5.41, 5.74) is 0.0440. The van der Waals surface area contributed by atoms with Gasteiger partial charge in [0, 0.05) is 31.2 Å². The first kappa shape index (κ1) is 12.3. The fraction of sp³-hybridized carbons (Fsp3) is 0.615. The molecule has 0 aromatic carbocycles. The average molecular weight is 262 g/mol. The zero-order chi connectivity index (χ0) is 13.4. The van der Waals surface area contributed by atoms with Gasteiger partial charge < -0.3 is 10.2 Å². The van der Waals surface area contributed by atoms with Gasteiger partial charge in [0.05, 0.1) is 4.92 Å². The lowest BCUT2D eigenvalue weighted by Gasteiger charge is -2.36. The van der Waals surface area contributed by atoms with Gasteiger partial charge in [0.25, 0.3) is 5.69 Å². The molecule has 0 radical (unpaired) electrons. The Labute approximate surface area is 112 Å². The number of anilines is 1. The monoisotopic (exact) mass is 262 g/mol. The number of pyridine rings is 1. The van der Waals surface area contributed by atoms with Gasteiger partial charge >= 0.3 is 0 Å². The Morgan fingerprint density at radius 3 is 2.58 bits per heavy atom. The molecule has 2 unspecified atom stereocenters. The number of nitrogens with one attached hydrogen (secondary N) is 1. The number of nitro groups is 1. The van der Waals surface area contributed by atoms with Gasteiger partial charge in [-0.2, -0.15) is 0 Å². The van der Waals surface area contributed by atoms with Crippen molar-refractivity contribution in [3.05, 3.63) is 28.4 Å². The molecule has 6 nitrogen and oxygen atoms in total. The summed E-state index contributed by atoms with van der Waals surface area (Å²) in [6.07, 6.45) is 6.13. The van der Waals surface area contributed by atoms with Crippen molar-refractivity contribution in [3.8, 4) is 0 Å². The zero-order valence-corrected chi connectivity index (χ0v) is 11.0. The van der Waals surface area contributed by atoms with Crippen molar-refractivity contribution >= 4 is 11.5 Å². The van der Waals surface area contributed by atoms with Crippen molar-refractivity contribution in [2.75, 3.05) is 11.9 Å². The predicted octanol–water partition coefficient (Wildman–Crippen LogP) is 1.71. The second-order valence-electron chi connectivity index (χ2n) is 5.51. The number of aromatic nitrogens is 1. The molecule has 1 aromatic heterocycles. The van der Waals surface area contributed by atoms with Gasteiger partial charge in [-0.1, -0.05) is 0 Å². The first-order valence-corrected chi connectivity index (χ1v) is 6.73. The van der Waals surface area contributed by atoms with E-state index in [-0.39, 0.29) is 5.69 Å². The van der Waals surface area contributed by atoms with Crippen LogP contribution in [0.2, 0.25) is 0 Å². The molecular formula is C13H18N4O2. The third kappa shape index (κ3) is 2.40. The molecule has 6 heteroatoms. The molecule has 2 aliphatic rings. The molecule has 2 saturated heterocycles. The molecule has 2 atom stereocenters. The fourth-order valence-electron chi connectivity index (χ4n) is 3.23. The van der Waals surface area contributed by atoms with Crippen LogP contribution in [0.15, 0.2) is 18.3 Å². The predicted molar refractivity (Wildman–Crippen MR) is 72.3 cm³/mol. The molecule has 19 heavy (non-hydrogen) atoms. The number of hydrogen-bond donors (Lipinski definition) is 1. The van der Waals surface area contributed by atoms with E-state index >= 15 is 0 Å². The quantitative estimate of drug-likeness (QED) is 0.663. The van der Waals surface area contributed by atoms with Crippen molar-refractivity contribution in [1.82, 2.24) is 10.3 Å². The van der Waals surface area contributed by atoms with E-state index in [1.807, 2.05) is 7.05 Å². The molecule has 2 aliphatic heterocycles. The van der Waals surface area contributed by atoms with Crippen molar-refractivity contribution < 1.29 is 4.92 Å². The summed E-state index contributed by atoms with van der Waals surface area (Å²) in [5.74, 6) is 0.817. The van der Waals surface area contributed by atoms with E-state index in [0.29, 0.717) is 18.1 Å². The Bertz CT molecular complexity index is 464. The summed E-state index contributed by atoms with van der Waals surface area (Å²) in [6.45, 7) is 0. The van der Waals surface area contributed by atoms with Crippen LogP contribution in [-0.4, -0.2) is 35.1 Å². The first-order chi connectivity index (χ1) is 9.13. The largest absolute Gasteiger partial charge is 0.357 e. The Morgan fingerprint density at radius 2 is 2.05 bits per heavy atom. The third-order valence-corrected chi connectivity index (χ3v) is 4.30. The van der Waals surface area contributed by atoms with Gasteiger partial charge in [-0.05, 0) is 31.7 Å². The summed E-state index contributed by atoms with van der Waals surface area (Å²) >= 11 is 0. The van der Waals surface area contributed by atoms with Gasteiger partial charge in [-0.15, -0.1) is 0 Å². The number of hydrogen-bond acceptors (Lipinski definition) is 5. The summed E-state index contributed by atoms with van der Waals surface area (Å²) in [7, 11) is 2.03.